The molecule has 0 fully saturated rings. The molecule has 0 bridgehead atoms. The van der Waals surface area contributed by atoms with Crippen molar-refractivity contribution in [1.29, 1.82) is 5.26 Å². The summed E-state index contributed by atoms with van der Waals surface area (Å²) in [6.45, 7) is 3.28. The summed E-state index contributed by atoms with van der Waals surface area (Å²) in [5.41, 5.74) is 3.12. The molecule has 0 radical (unpaired) electrons. The Labute approximate surface area is 153 Å². The van der Waals surface area contributed by atoms with Crippen molar-refractivity contribution in [3.63, 3.8) is 0 Å². The molecule has 0 aliphatic heterocycles. The van der Waals surface area contributed by atoms with Gasteiger partial charge in [-0.2, -0.15) is 5.26 Å². The number of carbonyl (C=O) groups excluding carboxylic acids is 2. The summed E-state index contributed by atoms with van der Waals surface area (Å²) in [5, 5.41) is 9.22. The smallest absolute Gasteiger partial charge is 0.308 e. The number of nitriles is 1. The molecule has 0 atom stereocenters. The van der Waals surface area contributed by atoms with Gasteiger partial charge in [0.25, 0.3) is 0 Å². The van der Waals surface area contributed by atoms with Crippen LogP contribution >= 0.6 is 0 Å². The summed E-state index contributed by atoms with van der Waals surface area (Å²) < 4.78 is 5.09. The van der Waals surface area contributed by atoms with Gasteiger partial charge in [0.2, 0.25) is 0 Å². The van der Waals surface area contributed by atoms with Crippen LogP contribution < -0.4 is 0 Å². The number of rotatable bonds is 7. The zero-order valence-electron chi connectivity index (χ0n) is 15.0. The summed E-state index contributed by atoms with van der Waals surface area (Å²) in [4.78, 5) is 23.5. The number of carbonyl (C=O) groups is 2. The quantitative estimate of drug-likeness (QED) is 0.406. The van der Waals surface area contributed by atoms with E-state index in [1.54, 1.807) is 12.1 Å². The van der Waals surface area contributed by atoms with Gasteiger partial charge >= 0.3 is 5.97 Å². The standard InChI is InChI=1S/C22H21NO3/c1-3-4-9-21(25)22(26-16(2)24)14-17-10-12-18(13-11-17)20-8-6-5-7-19(20)15-23/h5-8,10-14H,3-4,9H2,1-2H3/b22-14-. The highest BCUT2D eigenvalue weighted by Gasteiger charge is 2.13. The molecule has 0 heterocycles. The third kappa shape index (κ3) is 5.15. The molecule has 0 amide bonds. The predicted molar refractivity (Wildman–Crippen MR) is 101 cm³/mol. The maximum absolute atomic E-state index is 12.2. The second kappa shape index (κ2) is 9.33. The van der Waals surface area contributed by atoms with Gasteiger partial charge in [0, 0.05) is 13.3 Å². The molecule has 0 N–H and O–H groups in total. The van der Waals surface area contributed by atoms with Crippen molar-refractivity contribution < 1.29 is 14.3 Å². The fourth-order valence-electron chi connectivity index (χ4n) is 2.52. The number of hydrogen-bond donors (Lipinski definition) is 0. The molecule has 0 saturated heterocycles. The van der Waals surface area contributed by atoms with E-state index in [4.69, 9.17) is 4.74 Å². The van der Waals surface area contributed by atoms with Gasteiger partial charge in [-0.3, -0.25) is 9.59 Å². The fourth-order valence-corrected chi connectivity index (χ4v) is 2.52. The molecule has 2 aromatic rings. The second-order valence-electron chi connectivity index (χ2n) is 5.91. The Hall–Kier alpha value is -3.19. The summed E-state index contributed by atoms with van der Waals surface area (Å²) >= 11 is 0. The molecule has 0 aliphatic carbocycles. The second-order valence-corrected chi connectivity index (χ2v) is 5.91. The summed E-state index contributed by atoms with van der Waals surface area (Å²) in [6.07, 6.45) is 3.58. The largest absolute Gasteiger partial charge is 0.423 e. The maximum Gasteiger partial charge on any atom is 0.308 e. The van der Waals surface area contributed by atoms with E-state index in [0.29, 0.717) is 12.0 Å². The van der Waals surface area contributed by atoms with Crippen LogP contribution in [0.25, 0.3) is 17.2 Å². The number of Topliss-reactive ketones (excluding diaryl/α,β-unsaturated/α-hetero) is 1. The minimum atomic E-state index is -0.513. The van der Waals surface area contributed by atoms with E-state index < -0.39 is 5.97 Å². The van der Waals surface area contributed by atoms with Crippen LogP contribution in [0.5, 0.6) is 0 Å². The molecule has 4 heteroatoms. The highest BCUT2D eigenvalue weighted by molar-refractivity contribution is 5.99. The lowest BCUT2D eigenvalue weighted by molar-refractivity contribution is -0.140. The van der Waals surface area contributed by atoms with Crippen LogP contribution in [0.1, 0.15) is 44.2 Å². The van der Waals surface area contributed by atoms with Crippen LogP contribution in [0.15, 0.2) is 54.3 Å². The molecular formula is C22H21NO3. The third-order valence-corrected chi connectivity index (χ3v) is 3.85. The predicted octanol–water partition coefficient (Wildman–Crippen LogP) is 4.89. The topological polar surface area (TPSA) is 67.2 Å². The van der Waals surface area contributed by atoms with E-state index >= 15 is 0 Å². The van der Waals surface area contributed by atoms with Crippen LogP contribution in [0.2, 0.25) is 0 Å². The lowest BCUT2D eigenvalue weighted by Gasteiger charge is -2.07. The van der Waals surface area contributed by atoms with Crippen molar-refractivity contribution in [2.45, 2.75) is 33.1 Å². The van der Waals surface area contributed by atoms with E-state index in [-0.39, 0.29) is 11.5 Å². The highest BCUT2D eigenvalue weighted by Crippen LogP contribution is 2.24. The van der Waals surface area contributed by atoms with Crippen molar-refractivity contribution in [3.05, 3.63) is 65.4 Å². The van der Waals surface area contributed by atoms with Crippen LogP contribution in [0, 0.1) is 11.3 Å². The van der Waals surface area contributed by atoms with Gasteiger partial charge in [-0.15, -0.1) is 0 Å². The van der Waals surface area contributed by atoms with Crippen molar-refractivity contribution >= 4 is 17.8 Å². The summed E-state index contributed by atoms with van der Waals surface area (Å²) in [7, 11) is 0. The van der Waals surface area contributed by atoms with Crippen molar-refractivity contribution in [2.24, 2.45) is 0 Å². The Morgan fingerprint density at radius 1 is 1.12 bits per heavy atom. The van der Waals surface area contributed by atoms with Crippen LogP contribution in [-0.2, 0) is 14.3 Å². The lowest BCUT2D eigenvalue weighted by atomic mass is 9.99. The minimum absolute atomic E-state index is 0.0659. The van der Waals surface area contributed by atoms with Crippen molar-refractivity contribution in [1.82, 2.24) is 0 Å². The summed E-state index contributed by atoms with van der Waals surface area (Å²) in [5.74, 6) is -0.627. The van der Waals surface area contributed by atoms with Crippen LogP contribution in [0.4, 0.5) is 0 Å². The van der Waals surface area contributed by atoms with Gasteiger partial charge in [0.1, 0.15) is 0 Å². The molecule has 132 valence electrons. The van der Waals surface area contributed by atoms with Gasteiger partial charge in [-0.1, -0.05) is 55.8 Å². The molecule has 0 aromatic heterocycles. The first kappa shape index (κ1) is 19.1. The first-order valence-electron chi connectivity index (χ1n) is 8.58. The number of unbranched alkanes of at least 4 members (excludes halogenated alkanes) is 1. The first-order chi connectivity index (χ1) is 12.5. The van der Waals surface area contributed by atoms with Gasteiger partial charge in [0.15, 0.2) is 11.5 Å². The number of nitrogens with zero attached hydrogens (tertiary/aromatic N) is 1. The van der Waals surface area contributed by atoms with Gasteiger partial charge in [0.05, 0.1) is 11.6 Å². The molecule has 0 unspecified atom stereocenters. The average molecular weight is 347 g/mol. The summed E-state index contributed by atoms with van der Waals surface area (Å²) in [6, 6.07) is 17.0. The van der Waals surface area contributed by atoms with E-state index in [0.717, 1.165) is 29.5 Å². The first-order valence-corrected chi connectivity index (χ1v) is 8.58. The van der Waals surface area contributed by atoms with E-state index in [9.17, 15) is 14.9 Å². The number of ketones is 1. The van der Waals surface area contributed by atoms with Crippen LogP contribution in [0.3, 0.4) is 0 Å². The molecule has 2 rings (SSSR count). The number of benzene rings is 2. The van der Waals surface area contributed by atoms with Crippen LogP contribution in [-0.4, -0.2) is 11.8 Å². The SMILES string of the molecule is CCCCC(=O)/C(=C/c1ccc(-c2ccccc2C#N)cc1)OC(C)=O. The molecule has 0 saturated carbocycles. The number of ether oxygens (including phenoxy) is 1. The monoisotopic (exact) mass is 347 g/mol. The maximum atomic E-state index is 12.2. The Morgan fingerprint density at radius 2 is 1.81 bits per heavy atom. The van der Waals surface area contributed by atoms with Crippen molar-refractivity contribution in [3.8, 4) is 17.2 Å². The molecule has 0 spiro atoms. The molecule has 2 aromatic carbocycles. The Bertz CT molecular complexity index is 858. The number of hydrogen-bond acceptors (Lipinski definition) is 4. The van der Waals surface area contributed by atoms with Gasteiger partial charge in [-0.05, 0) is 35.3 Å². The Balaban J connectivity index is 2.29. The highest BCUT2D eigenvalue weighted by atomic mass is 16.5. The third-order valence-electron chi connectivity index (χ3n) is 3.85. The minimum Gasteiger partial charge on any atom is -0.423 e. The Morgan fingerprint density at radius 3 is 2.42 bits per heavy atom. The van der Waals surface area contributed by atoms with E-state index in [2.05, 4.69) is 6.07 Å². The zero-order valence-corrected chi connectivity index (χ0v) is 15.0. The average Bonchev–Trinajstić information content (AvgIpc) is 2.65. The van der Waals surface area contributed by atoms with E-state index in [1.807, 2.05) is 49.4 Å². The normalized spacial score (nSPS) is 10.9. The molecule has 26 heavy (non-hydrogen) atoms. The molecular weight excluding hydrogens is 326 g/mol. The van der Waals surface area contributed by atoms with Crippen molar-refractivity contribution in [2.75, 3.05) is 0 Å². The number of esters is 1. The van der Waals surface area contributed by atoms with E-state index in [1.165, 1.54) is 6.92 Å². The lowest BCUT2D eigenvalue weighted by Crippen LogP contribution is -2.09. The van der Waals surface area contributed by atoms with Gasteiger partial charge in [-0.25, -0.2) is 0 Å². The van der Waals surface area contributed by atoms with Gasteiger partial charge < -0.3 is 4.74 Å². The fraction of sp³-hybridized carbons (Fsp3) is 0.227. The molecule has 4 nitrogen and oxygen atoms in total. The number of allylic oxidation sites excluding steroid dienone is 1. The zero-order chi connectivity index (χ0) is 18.9. The molecule has 0 aliphatic rings. The Kier molecular flexibility index (Phi) is 6.87.